The normalized spacial score (nSPS) is 15.1. The molecule has 0 fully saturated rings. The Labute approximate surface area is 209 Å². The molecule has 0 radical (unpaired) electrons. The molecule has 1 heterocycles. The Morgan fingerprint density at radius 3 is 2.31 bits per heavy atom. The van der Waals surface area contributed by atoms with Gasteiger partial charge in [-0.25, -0.2) is 9.79 Å². The Kier molecular flexibility index (Phi) is 8.00. The lowest BCUT2D eigenvalue weighted by atomic mass is 9.94. The van der Waals surface area contributed by atoms with E-state index >= 15 is 0 Å². The van der Waals surface area contributed by atoms with Crippen LogP contribution in [0.5, 0.6) is 0 Å². The Morgan fingerprint density at radius 2 is 1.63 bits per heavy atom. The van der Waals surface area contributed by atoms with E-state index in [1.54, 1.807) is 6.92 Å². The van der Waals surface area contributed by atoms with E-state index in [-0.39, 0.29) is 18.3 Å². The van der Waals surface area contributed by atoms with E-state index in [4.69, 9.17) is 9.73 Å². The standard InChI is InChI=1S/C28H27N3O3S/c1-3-34-27(33)24-25(20-13-6-4-7-14-20)30-28(31-26(24)21-15-8-5-9-16-21)35-18-23(32)29-22-17-11-10-12-19(22)2/h4-17,25H,3,18H2,1-2H3,(H,29,32)(H,30,31)/t25-/m1/s1. The first-order valence-corrected chi connectivity index (χ1v) is 12.4. The molecule has 2 N–H and O–H groups in total. The minimum Gasteiger partial charge on any atom is -0.463 e. The average Bonchev–Trinajstić information content (AvgIpc) is 2.89. The van der Waals surface area contributed by atoms with Gasteiger partial charge in [0.15, 0.2) is 5.17 Å². The van der Waals surface area contributed by atoms with Crippen LogP contribution in [-0.2, 0) is 14.3 Å². The van der Waals surface area contributed by atoms with E-state index < -0.39 is 12.0 Å². The van der Waals surface area contributed by atoms with Crippen molar-refractivity contribution in [3.63, 3.8) is 0 Å². The van der Waals surface area contributed by atoms with Crippen LogP contribution in [0.4, 0.5) is 5.69 Å². The summed E-state index contributed by atoms with van der Waals surface area (Å²) < 4.78 is 5.42. The highest BCUT2D eigenvalue weighted by Crippen LogP contribution is 2.36. The maximum atomic E-state index is 13.1. The van der Waals surface area contributed by atoms with Gasteiger partial charge in [0.05, 0.1) is 23.6 Å². The molecule has 1 atom stereocenters. The van der Waals surface area contributed by atoms with Crippen molar-refractivity contribution in [2.75, 3.05) is 17.7 Å². The Morgan fingerprint density at radius 1 is 0.971 bits per heavy atom. The molecule has 0 saturated heterocycles. The number of carbonyl (C=O) groups is 2. The lowest BCUT2D eigenvalue weighted by Gasteiger charge is -2.27. The number of amidine groups is 1. The Hall–Kier alpha value is -3.84. The summed E-state index contributed by atoms with van der Waals surface area (Å²) in [6.07, 6.45) is 0. The number of carbonyl (C=O) groups excluding carboxylic acids is 2. The van der Waals surface area contributed by atoms with Crippen LogP contribution in [-0.4, -0.2) is 29.4 Å². The molecule has 1 aliphatic rings. The van der Waals surface area contributed by atoms with E-state index in [0.717, 1.165) is 22.4 Å². The zero-order valence-electron chi connectivity index (χ0n) is 19.7. The largest absolute Gasteiger partial charge is 0.463 e. The molecule has 0 aromatic heterocycles. The second-order valence-electron chi connectivity index (χ2n) is 7.90. The lowest BCUT2D eigenvalue weighted by Crippen LogP contribution is -2.31. The highest BCUT2D eigenvalue weighted by atomic mass is 32.2. The van der Waals surface area contributed by atoms with E-state index in [2.05, 4.69) is 10.6 Å². The fraction of sp³-hybridized carbons (Fsp3) is 0.179. The predicted molar refractivity (Wildman–Crippen MR) is 142 cm³/mol. The van der Waals surface area contributed by atoms with Crippen LogP contribution in [0, 0.1) is 6.92 Å². The third-order valence-electron chi connectivity index (χ3n) is 5.45. The maximum Gasteiger partial charge on any atom is 0.338 e. The number of nitrogens with one attached hydrogen (secondary N) is 2. The number of benzene rings is 3. The molecule has 7 heteroatoms. The van der Waals surface area contributed by atoms with Crippen molar-refractivity contribution in [1.29, 1.82) is 0 Å². The molecule has 1 amide bonds. The summed E-state index contributed by atoms with van der Waals surface area (Å²) in [7, 11) is 0. The molecule has 3 aromatic carbocycles. The number of hydrogen-bond donors (Lipinski definition) is 2. The fourth-order valence-electron chi connectivity index (χ4n) is 3.76. The van der Waals surface area contributed by atoms with Crippen molar-refractivity contribution >= 4 is 40.2 Å². The number of para-hydroxylation sites is 1. The topological polar surface area (TPSA) is 79.8 Å². The van der Waals surface area contributed by atoms with E-state index in [0.29, 0.717) is 16.4 Å². The summed E-state index contributed by atoms with van der Waals surface area (Å²) in [5.74, 6) is -0.386. The summed E-state index contributed by atoms with van der Waals surface area (Å²) in [5, 5.41) is 6.81. The van der Waals surface area contributed by atoms with E-state index in [1.807, 2.05) is 91.9 Å². The van der Waals surface area contributed by atoms with Crippen molar-refractivity contribution in [3.05, 3.63) is 107 Å². The molecule has 6 nitrogen and oxygen atoms in total. The Bertz CT molecular complexity index is 1260. The highest BCUT2D eigenvalue weighted by molar-refractivity contribution is 8.14. The van der Waals surface area contributed by atoms with Gasteiger partial charge in [-0.05, 0) is 36.6 Å². The quantitative estimate of drug-likeness (QED) is 0.442. The monoisotopic (exact) mass is 485 g/mol. The predicted octanol–water partition coefficient (Wildman–Crippen LogP) is 5.34. The number of rotatable bonds is 7. The average molecular weight is 486 g/mol. The number of anilines is 1. The smallest absolute Gasteiger partial charge is 0.338 e. The number of aliphatic imine (C=N–C) groups is 1. The zero-order chi connectivity index (χ0) is 24.6. The Balaban J connectivity index is 1.64. The summed E-state index contributed by atoms with van der Waals surface area (Å²) in [5.41, 5.74) is 4.57. The van der Waals surface area contributed by atoms with Crippen LogP contribution >= 0.6 is 11.8 Å². The number of amides is 1. The summed E-state index contributed by atoms with van der Waals surface area (Å²) >= 11 is 1.30. The van der Waals surface area contributed by atoms with E-state index in [1.165, 1.54) is 11.8 Å². The first kappa shape index (κ1) is 24.3. The minimum atomic E-state index is -0.561. The molecule has 3 aromatic rings. The van der Waals surface area contributed by atoms with Gasteiger partial charge >= 0.3 is 5.97 Å². The van der Waals surface area contributed by atoms with Crippen LogP contribution in [0.2, 0.25) is 0 Å². The number of aryl methyl sites for hydroxylation is 1. The van der Waals surface area contributed by atoms with Crippen molar-refractivity contribution in [2.45, 2.75) is 19.9 Å². The van der Waals surface area contributed by atoms with Crippen molar-refractivity contribution in [3.8, 4) is 0 Å². The zero-order valence-corrected chi connectivity index (χ0v) is 20.5. The molecule has 0 saturated carbocycles. The van der Waals surface area contributed by atoms with Crippen LogP contribution < -0.4 is 10.6 Å². The molecule has 1 aliphatic heterocycles. The van der Waals surface area contributed by atoms with Gasteiger partial charge in [-0.3, -0.25) is 4.79 Å². The third-order valence-corrected chi connectivity index (χ3v) is 6.34. The second kappa shape index (κ2) is 11.5. The van der Waals surface area contributed by atoms with Crippen molar-refractivity contribution < 1.29 is 14.3 Å². The van der Waals surface area contributed by atoms with Crippen LogP contribution in [0.25, 0.3) is 5.70 Å². The number of thioether (sulfide) groups is 1. The number of ether oxygens (including phenoxy) is 1. The summed E-state index contributed by atoms with van der Waals surface area (Å²) in [6.45, 7) is 4.00. The number of nitrogens with zero attached hydrogens (tertiary/aromatic N) is 1. The molecule has 35 heavy (non-hydrogen) atoms. The fourth-order valence-corrected chi connectivity index (χ4v) is 4.46. The molecule has 0 unspecified atom stereocenters. The van der Waals surface area contributed by atoms with Gasteiger partial charge in [-0.1, -0.05) is 90.6 Å². The lowest BCUT2D eigenvalue weighted by molar-refractivity contribution is -0.138. The van der Waals surface area contributed by atoms with Gasteiger partial charge in [0, 0.05) is 5.69 Å². The molecule has 0 bridgehead atoms. The van der Waals surface area contributed by atoms with Crippen molar-refractivity contribution in [1.82, 2.24) is 5.32 Å². The maximum absolute atomic E-state index is 13.1. The third kappa shape index (κ3) is 6.00. The van der Waals surface area contributed by atoms with E-state index in [9.17, 15) is 9.59 Å². The second-order valence-corrected chi connectivity index (χ2v) is 8.86. The molecular formula is C28H27N3O3S. The number of esters is 1. The van der Waals surface area contributed by atoms with Crippen LogP contribution in [0.3, 0.4) is 0 Å². The van der Waals surface area contributed by atoms with Gasteiger partial charge < -0.3 is 15.4 Å². The molecule has 4 rings (SSSR count). The summed E-state index contributed by atoms with van der Waals surface area (Å²) in [6, 6.07) is 26.3. The molecule has 0 spiro atoms. The SMILES string of the molecule is CCOC(=O)C1=C(c2ccccc2)NC(SCC(=O)Nc2ccccc2C)=N[C@@H]1c1ccccc1. The number of hydrogen-bond acceptors (Lipinski definition) is 6. The highest BCUT2D eigenvalue weighted by Gasteiger charge is 2.32. The van der Waals surface area contributed by atoms with Crippen LogP contribution in [0.15, 0.2) is 95.5 Å². The molecule has 178 valence electrons. The van der Waals surface area contributed by atoms with Gasteiger partial charge in [-0.15, -0.1) is 0 Å². The minimum absolute atomic E-state index is 0.133. The van der Waals surface area contributed by atoms with Crippen LogP contribution in [0.1, 0.15) is 29.7 Å². The van der Waals surface area contributed by atoms with Gasteiger partial charge in [0.2, 0.25) is 5.91 Å². The first-order valence-electron chi connectivity index (χ1n) is 11.4. The van der Waals surface area contributed by atoms with Crippen molar-refractivity contribution in [2.24, 2.45) is 4.99 Å². The summed E-state index contributed by atoms with van der Waals surface area (Å²) in [4.78, 5) is 30.6. The molecule has 0 aliphatic carbocycles. The van der Waals surface area contributed by atoms with Gasteiger partial charge in [0.25, 0.3) is 0 Å². The van der Waals surface area contributed by atoms with Gasteiger partial charge in [0.1, 0.15) is 6.04 Å². The molecular weight excluding hydrogens is 458 g/mol. The van der Waals surface area contributed by atoms with Gasteiger partial charge in [-0.2, -0.15) is 0 Å². The first-order chi connectivity index (χ1) is 17.1.